The van der Waals surface area contributed by atoms with Gasteiger partial charge in [-0.25, -0.2) is 0 Å². The van der Waals surface area contributed by atoms with Crippen LogP contribution in [0.1, 0.15) is 39.5 Å². The molecule has 1 rings (SSSR count). The third-order valence-electron chi connectivity index (χ3n) is 3.64. The first-order valence-corrected chi connectivity index (χ1v) is 6.78. The van der Waals surface area contributed by atoms with E-state index in [0.717, 1.165) is 38.8 Å². The minimum Gasteiger partial charge on any atom is -0.368 e. The van der Waals surface area contributed by atoms with E-state index in [1.54, 1.807) is 4.90 Å². The van der Waals surface area contributed by atoms with E-state index in [2.05, 4.69) is 12.2 Å². The van der Waals surface area contributed by atoms with Gasteiger partial charge in [0.1, 0.15) is 0 Å². The van der Waals surface area contributed by atoms with Gasteiger partial charge in [0.2, 0.25) is 11.8 Å². The molecule has 1 saturated heterocycles. The molecule has 1 aliphatic rings. The number of amides is 2. The van der Waals surface area contributed by atoms with Crippen molar-refractivity contribution in [1.29, 1.82) is 0 Å². The molecule has 1 heterocycles. The number of carbonyl (C=O) groups excluding carboxylic acids is 2. The van der Waals surface area contributed by atoms with E-state index in [-0.39, 0.29) is 17.9 Å². The maximum absolute atomic E-state index is 12.6. The summed E-state index contributed by atoms with van der Waals surface area (Å²) in [6, 6.07) is 0. The lowest BCUT2D eigenvalue weighted by Crippen LogP contribution is -2.50. The largest absolute Gasteiger partial charge is 0.368 e. The molecule has 5 nitrogen and oxygen atoms in total. The van der Waals surface area contributed by atoms with Crippen LogP contribution in [0.3, 0.4) is 0 Å². The van der Waals surface area contributed by atoms with Gasteiger partial charge in [-0.2, -0.15) is 0 Å². The molecule has 0 bridgehead atoms. The number of rotatable bonds is 6. The molecule has 1 fully saturated rings. The number of piperidine rings is 1. The summed E-state index contributed by atoms with van der Waals surface area (Å²) < 4.78 is 0. The van der Waals surface area contributed by atoms with Crippen molar-refractivity contribution in [3.8, 4) is 0 Å². The van der Waals surface area contributed by atoms with Gasteiger partial charge in [-0.1, -0.05) is 20.3 Å². The first-order valence-electron chi connectivity index (χ1n) is 6.78. The summed E-state index contributed by atoms with van der Waals surface area (Å²) in [7, 11) is 0. The molecule has 0 aromatic heterocycles. The summed E-state index contributed by atoms with van der Waals surface area (Å²) in [4.78, 5) is 25.3. The Balaban J connectivity index is 2.69. The average Bonchev–Trinajstić information content (AvgIpc) is 2.34. The predicted molar refractivity (Wildman–Crippen MR) is 70.9 cm³/mol. The van der Waals surface area contributed by atoms with E-state index in [4.69, 9.17) is 5.73 Å². The number of unbranched alkanes of at least 4 members (excludes halogenated alkanes) is 1. The molecule has 0 unspecified atom stereocenters. The van der Waals surface area contributed by atoms with Gasteiger partial charge in [-0.3, -0.25) is 9.59 Å². The van der Waals surface area contributed by atoms with E-state index in [9.17, 15) is 9.59 Å². The SMILES string of the molecule is CCCCN(CC(N)=O)C(=O)C1(C)CCNCC1. The van der Waals surface area contributed by atoms with Crippen molar-refractivity contribution in [3.05, 3.63) is 0 Å². The number of carbonyl (C=O) groups is 2. The molecular weight excluding hydrogens is 230 g/mol. The lowest BCUT2D eigenvalue weighted by molar-refractivity contribution is -0.145. The van der Waals surface area contributed by atoms with Crippen LogP contribution >= 0.6 is 0 Å². The van der Waals surface area contributed by atoms with Crippen molar-refractivity contribution >= 4 is 11.8 Å². The molecule has 0 aromatic carbocycles. The number of hydrogen-bond acceptors (Lipinski definition) is 3. The van der Waals surface area contributed by atoms with Gasteiger partial charge < -0.3 is 16.0 Å². The van der Waals surface area contributed by atoms with E-state index < -0.39 is 5.91 Å². The Morgan fingerprint density at radius 1 is 1.33 bits per heavy atom. The van der Waals surface area contributed by atoms with Crippen LogP contribution in [0, 0.1) is 5.41 Å². The molecular formula is C13H25N3O2. The molecule has 5 heteroatoms. The van der Waals surface area contributed by atoms with Crippen LogP contribution in [0.2, 0.25) is 0 Å². The van der Waals surface area contributed by atoms with Gasteiger partial charge in [-0.15, -0.1) is 0 Å². The summed E-state index contributed by atoms with van der Waals surface area (Å²) in [5.41, 5.74) is 4.89. The van der Waals surface area contributed by atoms with Crippen molar-refractivity contribution in [1.82, 2.24) is 10.2 Å². The normalized spacial score (nSPS) is 18.3. The molecule has 104 valence electrons. The number of nitrogens with zero attached hydrogens (tertiary/aromatic N) is 1. The van der Waals surface area contributed by atoms with Gasteiger partial charge >= 0.3 is 0 Å². The van der Waals surface area contributed by atoms with Crippen molar-refractivity contribution < 1.29 is 9.59 Å². The maximum atomic E-state index is 12.6. The van der Waals surface area contributed by atoms with Gasteiger partial charge in [0, 0.05) is 12.0 Å². The first kappa shape index (κ1) is 15.0. The Labute approximate surface area is 109 Å². The summed E-state index contributed by atoms with van der Waals surface area (Å²) in [6.07, 6.45) is 3.56. The molecule has 18 heavy (non-hydrogen) atoms. The Kier molecular flexibility index (Phi) is 5.59. The fraction of sp³-hybridized carbons (Fsp3) is 0.846. The van der Waals surface area contributed by atoms with Crippen LogP contribution in [-0.4, -0.2) is 42.9 Å². The molecule has 2 amide bonds. The van der Waals surface area contributed by atoms with Crippen LogP contribution in [0.5, 0.6) is 0 Å². The Hall–Kier alpha value is -1.10. The Bertz CT molecular complexity index is 299. The minimum atomic E-state index is -0.433. The zero-order valence-electron chi connectivity index (χ0n) is 11.5. The second-order valence-corrected chi connectivity index (χ2v) is 5.36. The van der Waals surface area contributed by atoms with Crippen molar-refractivity contribution in [2.75, 3.05) is 26.2 Å². The number of primary amides is 1. The average molecular weight is 255 g/mol. The molecule has 3 N–H and O–H groups in total. The van der Waals surface area contributed by atoms with Crippen LogP contribution in [0.4, 0.5) is 0 Å². The maximum Gasteiger partial charge on any atom is 0.237 e. The zero-order valence-corrected chi connectivity index (χ0v) is 11.5. The topological polar surface area (TPSA) is 75.4 Å². The summed E-state index contributed by atoms with van der Waals surface area (Å²) in [5, 5.41) is 3.26. The lowest BCUT2D eigenvalue weighted by Gasteiger charge is -2.37. The second-order valence-electron chi connectivity index (χ2n) is 5.36. The highest BCUT2D eigenvalue weighted by molar-refractivity contribution is 5.87. The standard InChI is InChI=1S/C13H25N3O2/c1-3-4-9-16(10-11(14)17)12(18)13(2)5-7-15-8-6-13/h15H,3-10H2,1-2H3,(H2,14,17). The Morgan fingerprint density at radius 3 is 2.44 bits per heavy atom. The molecule has 0 aliphatic carbocycles. The molecule has 1 aliphatic heterocycles. The fourth-order valence-corrected chi connectivity index (χ4v) is 2.36. The number of nitrogens with one attached hydrogen (secondary N) is 1. The highest BCUT2D eigenvalue weighted by atomic mass is 16.2. The third-order valence-corrected chi connectivity index (χ3v) is 3.64. The predicted octanol–water partition coefficient (Wildman–Crippen LogP) is 0.490. The third kappa shape index (κ3) is 3.98. The van der Waals surface area contributed by atoms with E-state index in [1.807, 2.05) is 6.92 Å². The van der Waals surface area contributed by atoms with Gasteiger partial charge in [0.05, 0.1) is 6.54 Å². The fourth-order valence-electron chi connectivity index (χ4n) is 2.36. The summed E-state index contributed by atoms with van der Waals surface area (Å²) in [6.45, 7) is 6.46. The van der Waals surface area contributed by atoms with Crippen LogP contribution in [-0.2, 0) is 9.59 Å². The Morgan fingerprint density at radius 2 is 1.94 bits per heavy atom. The van der Waals surface area contributed by atoms with Crippen molar-refractivity contribution in [2.24, 2.45) is 11.1 Å². The summed E-state index contributed by atoms with van der Waals surface area (Å²) in [5.74, 6) is -0.353. The van der Waals surface area contributed by atoms with Crippen LogP contribution in [0.25, 0.3) is 0 Å². The number of nitrogens with two attached hydrogens (primary N) is 1. The van der Waals surface area contributed by atoms with Crippen molar-refractivity contribution in [3.63, 3.8) is 0 Å². The van der Waals surface area contributed by atoms with Crippen LogP contribution < -0.4 is 11.1 Å². The van der Waals surface area contributed by atoms with Crippen LogP contribution in [0.15, 0.2) is 0 Å². The minimum absolute atomic E-state index is 0.0435. The smallest absolute Gasteiger partial charge is 0.237 e. The van der Waals surface area contributed by atoms with E-state index >= 15 is 0 Å². The quantitative estimate of drug-likeness (QED) is 0.725. The van der Waals surface area contributed by atoms with E-state index in [0.29, 0.717) is 6.54 Å². The lowest BCUT2D eigenvalue weighted by atomic mass is 9.79. The summed E-state index contributed by atoms with van der Waals surface area (Å²) >= 11 is 0. The monoisotopic (exact) mass is 255 g/mol. The second kappa shape index (κ2) is 6.73. The van der Waals surface area contributed by atoms with Crippen molar-refractivity contribution in [2.45, 2.75) is 39.5 Å². The molecule has 0 aromatic rings. The van der Waals surface area contributed by atoms with E-state index in [1.165, 1.54) is 0 Å². The number of hydrogen-bond donors (Lipinski definition) is 2. The van der Waals surface area contributed by atoms with Gasteiger partial charge in [0.15, 0.2) is 0 Å². The highest BCUT2D eigenvalue weighted by Crippen LogP contribution is 2.30. The van der Waals surface area contributed by atoms with Gasteiger partial charge in [0.25, 0.3) is 0 Å². The molecule has 0 atom stereocenters. The molecule has 0 saturated carbocycles. The highest BCUT2D eigenvalue weighted by Gasteiger charge is 2.37. The first-order chi connectivity index (χ1) is 8.49. The molecule has 0 radical (unpaired) electrons. The van der Waals surface area contributed by atoms with Gasteiger partial charge in [-0.05, 0) is 32.4 Å². The zero-order chi connectivity index (χ0) is 13.6. The molecule has 0 spiro atoms.